The minimum atomic E-state index is -0.841. The van der Waals surface area contributed by atoms with Crippen LogP contribution in [0.5, 0.6) is 0 Å². The van der Waals surface area contributed by atoms with Gasteiger partial charge in [-0.3, -0.25) is 14.4 Å². The Kier molecular flexibility index (Phi) is 18.3. The van der Waals surface area contributed by atoms with Crippen LogP contribution in [0, 0.1) is 11.8 Å². The van der Waals surface area contributed by atoms with Gasteiger partial charge in [-0.15, -0.1) is 10.3 Å². The molecule has 2 aliphatic rings. The second-order valence-electron chi connectivity index (χ2n) is 19.3. The number of piperidine rings is 1. The van der Waals surface area contributed by atoms with E-state index in [9.17, 15) is 29.2 Å². The summed E-state index contributed by atoms with van der Waals surface area (Å²) in [5.74, 6) is -1.26. The summed E-state index contributed by atoms with van der Waals surface area (Å²) in [6.45, 7) is 21.3. The second-order valence-corrected chi connectivity index (χ2v) is 19.3. The Bertz CT molecular complexity index is 1560. The van der Waals surface area contributed by atoms with Crippen molar-refractivity contribution in [3.05, 3.63) is 48.0 Å². The highest BCUT2D eigenvalue weighted by Crippen LogP contribution is 2.38. The molecule has 331 valence electrons. The monoisotopic (exact) mass is 826 g/mol. The minimum Gasteiger partial charge on any atom is -0.446 e. The maximum atomic E-state index is 14.4. The molecule has 14 nitrogen and oxygen atoms in total. The number of likely N-dealkylation sites (tertiary alicyclic amines) is 1. The summed E-state index contributed by atoms with van der Waals surface area (Å²) in [6.07, 6.45) is 6.61. The summed E-state index contributed by atoms with van der Waals surface area (Å²) >= 11 is 0. The zero-order chi connectivity index (χ0) is 44.1. The summed E-state index contributed by atoms with van der Waals surface area (Å²) in [5.41, 5.74) is -1.03. The molecule has 0 saturated carbocycles. The second kappa shape index (κ2) is 21.9. The molecule has 1 radical (unpaired) electrons. The Morgan fingerprint density at radius 2 is 1.53 bits per heavy atom. The Hall–Kier alpha value is -4.17. The number of unbranched alkanes of at least 4 members (excludes halogenated alkanes) is 1. The third kappa shape index (κ3) is 16.4. The predicted octanol–water partition coefficient (Wildman–Crippen LogP) is 6.60. The van der Waals surface area contributed by atoms with Gasteiger partial charge in [-0.25, -0.2) is 9.59 Å². The predicted molar refractivity (Wildman–Crippen MR) is 227 cm³/mol. The number of benzene rings is 1. The first-order valence-corrected chi connectivity index (χ1v) is 21.5. The summed E-state index contributed by atoms with van der Waals surface area (Å²) in [7, 11) is 0. The number of hydrogen-bond acceptors (Lipinski definition) is 8. The van der Waals surface area contributed by atoms with Crippen LogP contribution >= 0.6 is 0 Å². The molecule has 0 spiro atoms. The number of carbonyl (C=O) groups excluding carboxylic acids is 5. The van der Waals surface area contributed by atoms with Crippen molar-refractivity contribution in [3.8, 4) is 0 Å². The van der Waals surface area contributed by atoms with Crippen molar-refractivity contribution >= 4 is 29.9 Å². The molecule has 2 fully saturated rings. The highest BCUT2D eigenvalue weighted by molar-refractivity contribution is 5.93. The van der Waals surface area contributed by atoms with Crippen LogP contribution in [-0.2, 0) is 35.5 Å². The lowest BCUT2D eigenvalue weighted by atomic mass is 9.80. The average molecular weight is 826 g/mol. The van der Waals surface area contributed by atoms with Gasteiger partial charge in [-0.2, -0.15) is 0 Å². The van der Waals surface area contributed by atoms with E-state index in [0.29, 0.717) is 70.9 Å². The van der Waals surface area contributed by atoms with E-state index in [1.54, 1.807) is 25.7 Å². The highest BCUT2D eigenvalue weighted by atomic mass is 16.6. The molecule has 14 heteroatoms. The van der Waals surface area contributed by atoms with Crippen LogP contribution in [0.1, 0.15) is 133 Å². The third-order valence-corrected chi connectivity index (χ3v) is 10.5. The fourth-order valence-electron chi connectivity index (χ4n) is 8.08. The number of amides is 5. The maximum absolute atomic E-state index is 14.4. The number of nitrogens with one attached hydrogen (secondary N) is 4. The van der Waals surface area contributed by atoms with Gasteiger partial charge in [0.2, 0.25) is 17.7 Å². The standard InChI is InChI=1S/C45H73N6O8/c1-30(2)26-34(48-42(56)59-43(5,6)7)23-22-33(27-32-18-13-12-14-19-32)40(54)50-25-17-21-37(50)39(53)49-36(38(52)47-31(3)4)20-15-16-24-46-41(55)58-35-28-44(8,9)51(57)45(10,11)29-35/h12-14,18-19,22-23,30-31,33-37H,15-17,20-21,24-29H2,1-11H3,(H,46,55)(H,47,52)(H,48,56)(H,49,53)/b23-22+/t33-,34-,36+,37+/m1/s1. The molecule has 5 amide bonds. The van der Waals surface area contributed by atoms with E-state index < -0.39 is 46.9 Å². The SMILES string of the molecule is CC(C)C[C@@H](/C=C/[C@H](Cc1ccccc1)C(=O)N1CCC[C@H]1C(=O)N[C@@H](CCCCNC(=O)OC1CC(C)(C)N([O])C(C)(C)C1)C(=O)NC(C)C)NC(=O)OC(C)(C)C. The first-order chi connectivity index (χ1) is 27.5. The number of nitrogens with zero attached hydrogens (tertiary/aromatic N) is 2. The van der Waals surface area contributed by atoms with Crippen LogP contribution in [-0.4, -0.2) is 99.9 Å². The van der Waals surface area contributed by atoms with Crippen LogP contribution < -0.4 is 21.3 Å². The maximum Gasteiger partial charge on any atom is 0.408 e. The molecule has 0 aromatic heterocycles. The van der Waals surface area contributed by atoms with E-state index in [1.807, 2.05) is 84.0 Å². The molecular weight excluding hydrogens is 753 g/mol. The number of carbonyl (C=O) groups is 5. The Morgan fingerprint density at radius 1 is 0.881 bits per heavy atom. The van der Waals surface area contributed by atoms with E-state index >= 15 is 0 Å². The molecule has 2 saturated heterocycles. The van der Waals surface area contributed by atoms with E-state index in [4.69, 9.17) is 9.47 Å². The van der Waals surface area contributed by atoms with Crippen molar-refractivity contribution in [1.29, 1.82) is 0 Å². The summed E-state index contributed by atoms with van der Waals surface area (Å²) in [4.78, 5) is 68.8. The van der Waals surface area contributed by atoms with Crippen molar-refractivity contribution in [2.75, 3.05) is 13.1 Å². The topological polar surface area (TPSA) is 178 Å². The summed E-state index contributed by atoms with van der Waals surface area (Å²) < 4.78 is 11.2. The molecule has 0 aliphatic carbocycles. The van der Waals surface area contributed by atoms with Crippen LogP contribution in [0.25, 0.3) is 0 Å². The van der Waals surface area contributed by atoms with Gasteiger partial charge < -0.3 is 35.6 Å². The number of alkyl carbamates (subject to hydrolysis) is 2. The molecule has 0 bridgehead atoms. The lowest BCUT2D eigenvalue weighted by molar-refractivity contribution is -0.298. The molecule has 0 unspecified atom stereocenters. The third-order valence-electron chi connectivity index (χ3n) is 10.5. The Morgan fingerprint density at radius 3 is 2.12 bits per heavy atom. The van der Waals surface area contributed by atoms with Gasteiger partial charge in [0.15, 0.2) is 0 Å². The van der Waals surface area contributed by atoms with Gasteiger partial charge in [0.05, 0.1) is 12.0 Å². The molecule has 2 aliphatic heterocycles. The van der Waals surface area contributed by atoms with Crippen LogP contribution in [0.3, 0.4) is 0 Å². The number of rotatable bonds is 18. The van der Waals surface area contributed by atoms with Gasteiger partial charge in [-0.1, -0.05) is 56.3 Å². The molecule has 1 aromatic rings. The van der Waals surface area contributed by atoms with Gasteiger partial charge in [-0.05, 0) is 119 Å². The zero-order valence-corrected chi connectivity index (χ0v) is 37.5. The lowest BCUT2D eigenvalue weighted by Crippen LogP contribution is -2.60. The van der Waals surface area contributed by atoms with Crippen LogP contribution in [0.2, 0.25) is 0 Å². The summed E-state index contributed by atoms with van der Waals surface area (Å²) in [5, 5.41) is 25.4. The normalized spacial score (nSPS) is 19.9. The first-order valence-electron chi connectivity index (χ1n) is 21.5. The Balaban J connectivity index is 1.68. The van der Waals surface area contributed by atoms with Gasteiger partial charge in [0.1, 0.15) is 23.8 Å². The minimum absolute atomic E-state index is 0.152. The van der Waals surface area contributed by atoms with Gasteiger partial charge in [0.25, 0.3) is 0 Å². The number of ether oxygens (including phenoxy) is 2. The molecule has 2 heterocycles. The fourth-order valence-corrected chi connectivity index (χ4v) is 8.08. The van der Waals surface area contributed by atoms with E-state index in [2.05, 4.69) is 35.1 Å². The van der Waals surface area contributed by atoms with Crippen molar-refractivity contribution in [2.24, 2.45) is 11.8 Å². The van der Waals surface area contributed by atoms with Gasteiger partial charge >= 0.3 is 12.2 Å². The largest absolute Gasteiger partial charge is 0.446 e. The molecule has 59 heavy (non-hydrogen) atoms. The number of hydroxylamine groups is 2. The first kappa shape index (κ1) is 49.2. The molecule has 1 aromatic carbocycles. The van der Waals surface area contributed by atoms with Gasteiger partial charge in [0, 0.05) is 43.1 Å². The van der Waals surface area contributed by atoms with Crippen molar-refractivity contribution in [3.63, 3.8) is 0 Å². The molecule has 4 atom stereocenters. The van der Waals surface area contributed by atoms with Crippen LogP contribution in [0.15, 0.2) is 42.5 Å². The molecule has 4 N–H and O–H groups in total. The average Bonchev–Trinajstić information content (AvgIpc) is 3.60. The molecular formula is C45H73N6O8. The van der Waals surface area contributed by atoms with E-state index in [0.717, 1.165) is 10.6 Å². The quantitative estimate of drug-likeness (QED) is 0.0945. The fraction of sp³-hybridized carbons (Fsp3) is 0.711. The number of hydrogen-bond donors (Lipinski definition) is 4. The summed E-state index contributed by atoms with van der Waals surface area (Å²) in [6, 6.07) is 7.56. The van der Waals surface area contributed by atoms with E-state index in [1.165, 1.54) is 0 Å². The van der Waals surface area contributed by atoms with Crippen molar-refractivity contribution in [1.82, 2.24) is 31.2 Å². The van der Waals surface area contributed by atoms with Crippen LogP contribution in [0.4, 0.5) is 9.59 Å². The highest BCUT2D eigenvalue weighted by Gasteiger charge is 2.47. The van der Waals surface area contributed by atoms with Crippen molar-refractivity contribution < 1.29 is 38.7 Å². The zero-order valence-electron chi connectivity index (χ0n) is 37.5. The smallest absolute Gasteiger partial charge is 0.408 e. The van der Waals surface area contributed by atoms with Crippen molar-refractivity contribution in [2.45, 2.75) is 181 Å². The Labute approximate surface area is 352 Å². The lowest BCUT2D eigenvalue weighted by Gasteiger charge is -2.49. The molecule has 3 rings (SSSR count). The van der Waals surface area contributed by atoms with E-state index in [-0.39, 0.29) is 41.8 Å².